The standard InChI is InChI=1S/C19H31N/c1-3-5-12-20-13-10-19(11-14-20)16-17(4-2)15-18-8-6-7-9-18/h3-4,15,19H,1,5-14,16H2,2H3/b17-4+. The van der Waals surface area contributed by atoms with Gasteiger partial charge < -0.3 is 4.90 Å². The molecule has 1 saturated carbocycles. The molecule has 0 radical (unpaired) electrons. The Balaban J connectivity index is 1.76. The van der Waals surface area contributed by atoms with Crippen molar-refractivity contribution >= 4 is 0 Å². The monoisotopic (exact) mass is 273 g/mol. The maximum Gasteiger partial charge on any atom is 0.00158 e. The molecular weight excluding hydrogens is 242 g/mol. The molecule has 0 bridgehead atoms. The van der Waals surface area contributed by atoms with E-state index in [1.807, 2.05) is 6.08 Å². The van der Waals surface area contributed by atoms with Gasteiger partial charge in [-0.1, -0.05) is 29.4 Å². The van der Waals surface area contributed by atoms with Gasteiger partial charge in [-0.25, -0.2) is 0 Å². The molecule has 1 heteroatoms. The zero-order valence-electron chi connectivity index (χ0n) is 13.2. The lowest BCUT2D eigenvalue weighted by molar-refractivity contribution is 0.187. The summed E-state index contributed by atoms with van der Waals surface area (Å²) < 4.78 is 0. The van der Waals surface area contributed by atoms with E-state index < -0.39 is 0 Å². The van der Waals surface area contributed by atoms with Gasteiger partial charge in [-0.15, -0.1) is 6.58 Å². The molecule has 1 saturated heterocycles. The third kappa shape index (κ3) is 4.94. The Labute approximate surface area is 125 Å². The molecule has 0 aromatic carbocycles. The van der Waals surface area contributed by atoms with Crippen LogP contribution in [0.5, 0.6) is 0 Å². The Hall–Kier alpha value is -0.820. The first-order valence-electron chi connectivity index (χ1n) is 8.49. The van der Waals surface area contributed by atoms with Crippen LogP contribution >= 0.6 is 0 Å². The number of hydrogen-bond donors (Lipinski definition) is 0. The van der Waals surface area contributed by atoms with Crippen LogP contribution in [0, 0.1) is 5.92 Å². The van der Waals surface area contributed by atoms with Gasteiger partial charge in [0.1, 0.15) is 0 Å². The van der Waals surface area contributed by atoms with E-state index in [9.17, 15) is 0 Å². The number of rotatable bonds is 6. The highest BCUT2D eigenvalue weighted by molar-refractivity contribution is 5.25. The molecule has 1 nitrogen and oxygen atoms in total. The number of nitrogens with zero attached hydrogens (tertiary/aromatic N) is 1. The number of allylic oxidation sites excluding steroid dienone is 4. The minimum absolute atomic E-state index is 0.902. The molecule has 2 rings (SSSR count). The van der Waals surface area contributed by atoms with E-state index in [1.165, 1.54) is 64.6 Å². The Kier molecular flexibility index (Phi) is 6.59. The normalized spacial score (nSPS) is 22.2. The lowest BCUT2D eigenvalue weighted by Crippen LogP contribution is -2.34. The van der Waals surface area contributed by atoms with Gasteiger partial charge in [0.15, 0.2) is 0 Å². The molecule has 0 N–H and O–H groups in total. The Morgan fingerprint density at radius 1 is 1.25 bits per heavy atom. The van der Waals surface area contributed by atoms with Crippen molar-refractivity contribution in [1.29, 1.82) is 0 Å². The van der Waals surface area contributed by atoms with Crippen molar-refractivity contribution in [3.05, 3.63) is 36.0 Å². The van der Waals surface area contributed by atoms with Gasteiger partial charge in [-0.3, -0.25) is 0 Å². The van der Waals surface area contributed by atoms with Crippen LogP contribution in [0.25, 0.3) is 0 Å². The van der Waals surface area contributed by atoms with Gasteiger partial charge in [0, 0.05) is 6.54 Å². The van der Waals surface area contributed by atoms with Crippen LogP contribution in [0.3, 0.4) is 0 Å². The summed E-state index contributed by atoms with van der Waals surface area (Å²) in [7, 11) is 0. The predicted octanol–water partition coefficient (Wildman–Crippen LogP) is 5.11. The van der Waals surface area contributed by atoms with Crippen molar-refractivity contribution in [2.75, 3.05) is 19.6 Å². The van der Waals surface area contributed by atoms with Crippen molar-refractivity contribution in [2.24, 2.45) is 5.92 Å². The van der Waals surface area contributed by atoms with E-state index >= 15 is 0 Å². The summed E-state index contributed by atoms with van der Waals surface area (Å²) >= 11 is 0. The third-order valence-electron chi connectivity index (χ3n) is 4.89. The molecule has 2 aliphatic rings. The molecule has 0 amide bonds. The molecule has 0 unspecified atom stereocenters. The van der Waals surface area contributed by atoms with Crippen molar-refractivity contribution in [1.82, 2.24) is 4.90 Å². The third-order valence-corrected chi connectivity index (χ3v) is 4.89. The molecule has 112 valence electrons. The second-order valence-electron chi connectivity index (χ2n) is 6.44. The number of hydrogen-bond acceptors (Lipinski definition) is 1. The van der Waals surface area contributed by atoms with Gasteiger partial charge in [-0.2, -0.15) is 0 Å². The summed E-state index contributed by atoms with van der Waals surface area (Å²) in [6.07, 6.45) is 17.6. The highest BCUT2D eigenvalue weighted by atomic mass is 15.1. The minimum atomic E-state index is 0.902. The van der Waals surface area contributed by atoms with Gasteiger partial charge in [0.25, 0.3) is 0 Å². The lowest BCUT2D eigenvalue weighted by Gasteiger charge is -2.32. The van der Waals surface area contributed by atoms with E-state index in [0.29, 0.717) is 0 Å². The van der Waals surface area contributed by atoms with E-state index in [-0.39, 0.29) is 0 Å². The van der Waals surface area contributed by atoms with E-state index in [1.54, 1.807) is 11.1 Å². The minimum Gasteiger partial charge on any atom is -0.303 e. The molecule has 20 heavy (non-hydrogen) atoms. The number of piperidine rings is 1. The molecule has 0 aromatic rings. The second-order valence-corrected chi connectivity index (χ2v) is 6.44. The fourth-order valence-corrected chi connectivity index (χ4v) is 3.52. The van der Waals surface area contributed by atoms with Crippen LogP contribution in [0.2, 0.25) is 0 Å². The van der Waals surface area contributed by atoms with Crippen molar-refractivity contribution in [3.63, 3.8) is 0 Å². The fraction of sp³-hybridized carbons (Fsp3) is 0.684. The zero-order valence-corrected chi connectivity index (χ0v) is 13.2. The van der Waals surface area contributed by atoms with Crippen molar-refractivity contribution < 1.29 is 0 Å². The maximum atomic E-state index is 3.82. The molecule has 1 aliphatic heterocycles. The quantitative estimate of drug-likeness (QED) is 0.608. The molecule has 0 aromatic heterocycles. The van der Waals surface area contributed by atoms with E-state index in [0.717, 1.165) is 12.3 Å². The Morgan fingerprint density at radius 2 is 1.95 bits per heavy atom. The van der Waals surface area contributed by atoms with E-state index in [2.05, 4.69) is 30.6 Å². The topological polar surface area (TPSA) is 3.24 Å². The van der Waals surface area contributed by atoms with Crippen LogP contribution in [-0.4, -0.2) is 24.5 Å². The van der Waals surface area contributed by atoms with Gasteiger partial charge in [-0.05, 0) is 77.3 Å². The van der Waals surface area contributed by atoms with Crippen molar-refractivity contribution in [3.8, 4) is 0 Å². The Bertz CT molecular complexity index is 348. The first-order chi connectivity index (χ1) is 9.81. The summed E-state index contributed by atoms with van der Waals surface area (Å²) in [5, 5.41) is 0. The van der Waals surface area contributed by atoms with Gasteiger partial charge >= 0.3 is 0 Å². The summed E-state index contributed by atoms with van der Waals surface area (Å²) in [5.74, 6) is 0.902. The summed E-state index contributed by atoms with van der Waals surface area (Å²) in [5.41, 5.74) is 3.29. The predicted molar refractivity (Wildman–Crippen MR) is 88.9 cm³/mol. The molecule has 1 heterocycles. The average molecular weight is 273 g/mol. The van der Waals surface area contributed by atoms with Crippen molar-refractivity contribution in [2.45, 2.75) is 58.3 Å². The molecule has 1 aliphatic carbocycles. The van der Waals surface area contributed by atoms with Gasteiger partial charge in [0.05, 0.1) is 0 Å². The summed E-state index contributed by atoms with van der Waals surface area (Å²) in [6, 6.07) is 0. The smallest absolute Gasteiger partial charge is 0.00158 e. The van der Waals surface area contributed by atoms with Crippen LogP contribution in [0.1, 0.15) is 58.3 Å². The van der Waals surface area contributed by atoms with Crippen LogP contribution in [-0.2, 0) is 0 Å². The van der Waals surface area contributed by atoms with Gasteiger partial charge in [0.2, 0.25) is 0 Å². The highest BCUT2D eigenvalue weighted by Gasteiger charge is 2.19. The molecule has 2 fully saturated rings. The largest absolute Gasteiger partial charge is 0.303 e. The van der Waals surface area contributed by atoms with E-state index in [4.69, 9.17) is 0 Å². The highest BCUT2D eigenvalue weighted by Crippen LogP contribution is 2.29. The Morgan fingerprint density at radius 3 is 2.55 bits per heavy atom. The fourth-order valence-electron chi connectivity index (χ4n) is 3.52. The molecule has 0 spiro atoms. The van der Waals surface area contributed by atoms with Crippen LogP contribution in [0.15, 0.2) is 36.0 Å². The van der Waals surface area contributed by atoms with Crippen LogP contribution < -0.4 is 0 Å². The number of likely N-dealkylation sites (tertiary alicyclic amines) is 1. The summed E-state index contributed by atoms with van der Waals surface area (Å²) in [4.78, 5) is 2.60. The average Bonchev–Trinajstić information content (AvgIpc) is 2.99. The summed E-state index contributed by atoms with van der Waals surface area (Å²) in [6.45, 7) is 9.80. The molecular formula is C19H31N. The van der Waals surface area contributed by atoms with Crippen LogP contribution in [0.4, 0.5) is 0 Å². The SMILES string of the molecule is C=CCCN1CCC(C/C(C=C2CCCC2)=C/C)CC1. The zero-order chi connectivity index (χ0) is 14.2. The second kappa shape index (κ2) is 8.46. The first-order valence-corrected chi connectivity index (χ1v) is 8.49. The maximum absolute atomic E-state index is 3.82. The molecule has 0 atom stereocenters. The lowest BCUT2D eigenvalue weighted by atomic mass is 9.89. The first kappa shape index (κ1) is 15.6.